The molecule has 0 saturated carbocycles. The van der Waals surface area contributed by atoms with Crippen molar-refractivity contribution in [3.63, 3.8) is 0 Å². The third-order valence-corrected chi connectivity index (χ3v) is 2.99. The van der Waals surface area contributed by atoms with Gasteiger partial charge in [0, 0.05) is 0 Å². The number of nitrogens with two attached hydrogens (primary N) is 1. The quantitative estimate of drug-likeness (QED) is 0.814. The maximum absolute atomic E-state index is 6.12. The minimum Gasteiger partial charge on any atom is -0.495 e. The Morgan fingerprint density at radius 3 is 2.60 bits per heavy atom. The molecule has 0 saturated heterocycles. The Labute approximate surface area is 119 Å². The lowest BCUT2D eigenvalue weighted by atomic mass is 10.2. The SMILES string of the molecule is CCOc1cccc(Nc2cc(C)ccc2OC)c1N. The largest absolute Gasteiger partial charge is 0.495 e. The fourth-order valence-corrected chi connectivity index (χ4v) is 2.00. The second-order valence-electron chi connectivity index (χ2n) is 4.48. The molecule has 2 aromatic carbocycles. The first-order valence-electron chi connectivity index (χ1n) is 6.58. The number of hydrogen-bond donors (Lipinski definition) is 2. The number of methoxy groups -OCH3 is 1. The molecule has 0 heterocycles. The van der Waals surface area contributed by atoms with Crippen molar-refractivity contribution in [1.82, 2.24) is 0 Å². The highest BCUT2D eigenvalue weighted by atomic mass is 16.5. The second-order valence-corrected chi connectivity index (χ2v) is 4.48. The molecule has 0 spiro atoms. The zero-order valence-electron chi connectivity index (χ0n) is 12.1. The molecule has 0 amide bonds. The predicted molar refractivity (Wildman–Crippen MR) is 83.0 cm³/mol. The van der Waals surface area contributed by atoms with Gasteiger partial charge in [0.1, 0.15) is 11.5 Å². The smallest absolute Gasteiger partial charge is 0.144 e. The summed E-state index contributed by atoms with van der Waals surface area (Å²) in [5.41, 5.74) is 9.55. The zero-order valence-corrected chi connectivity index (χ0v) is 12.1. The van der Waals surface area contributed by atoms with E-state index >= 15 is 0 Å². The van der Waals surface area contributed by atoms with E-state index in [1.54, 1.807) is 7.11 Å². The molecular formula is C16H20N2O2. The second kappa shape index (κ2) is 6.19. The molecule has 0 aliphatic rings. The molecular weight excluding hydrogens is 252 g/mol. The molecule has 0 radical (unpaired) electrons. The van der Waals surface area contributed by atoms with Crippen molar-refractivity contribution in [3.05, 3.63) is 42.0 Å². The summed E-state index contributed by atoms with van der Waals surface area (Å²) in [6, 6.07) is 11.6. The minimum atomic E-state index is 0.585. The third kappa shape index (κ3) is 2.96. The summed E-state index contributed by atoms with van der Waals surface area (Å²) in [4.78, 5) is 0. The monoisotopic (exact) mass is 272 g/mol. The maximum atomic E-state index is 6.12. The van der Waals surface area contributed by atoms with Gasteiger partial charge in [-0.05, 0) is 43.7 Å². The predicted octanol–water partition coefficient (Wildman–Crippen LogP) is 3.73. The summed E-state index contributed by atoms with van der Waals surface area (Å²) >= 11 is 0. The first-order valence-corrected chi connectivity index (χ1v) is 6.58. The molecule has 0 aliphatic carbocycles. The molecule has 106 valence electrons. The Bertz CT molecular complexity index is 597. The van der Waals surface area contributed by atoms with E-state index < -0.39 is 0 Å². The van der Waals surface area contributed by atoms with Crippen LogP contribution in [0.4, 0.5) is 17.1 Å². The van der Waals surface area contributed by atoms with Gasteiger partial charge < -0.3 is 20.5 Å². The molecule has 2 rings (SSSR count). The average Bonchev–Trinajstić information content (AvgIpc) is 2.44. The van der Waals surface area contributed by atoms with Crippen LogP contribution >= 0.6 is 0 Å². The van der Waals surface area contributed by atoms with Crippen LogP contribution in [0.3, 0.4) is 0 Å². The summed E-state index contributed by atoms with van der Waals surface area (Å²) in [5, 5.41) is 3.30. The van der Waals surface area contributed by atoms with Crippen LogP contribution in [0.1, 0.15) is 12.5 Å². The number of aryl methyl sites for hydroxylation is 1. The zero-order chi connectivity index (χ0) is 14.5. The van der Waals surface area contributed by atoms with Crippen molar-refractivity contribution in [2.75, 3.05) is 24.8 Å². The Kier molecular flexibility index (Phi) is 4.35. The summed E-state index contributed by atoms with van der Waals surface area (Å²) in [7, 11) is 1.65. The summed E-state index contributed by atoms with van der Waals surface area (Å²) in [6.45, 7) is 4.55. The van der Waals surface area contributed by atoms with E-state index in [2.05, 4.69) is 5.32 Å². The number of benzene rings is 2. The highest BCUT2D eigenvalue weighted by molar-refractivity contribution is 5.79. The molecule has 0 unspecified atom stereocenters. The fourth-order valence-electron chi connectivity index (χ4n) is 2.00. The fraction of sp³-hybridized carbons (Fsp3) is 0.250. The number of ether oxygens (including phenoxy) is 2. The molecule has 2 aromatic rings. The highest BCUT2D eigenvalue weighted by Gasteiger charge is 2.09. The summed E-state index contributed by atoms with van der Waals surface area (Å²) < 4.78 is 10.9. The first kappa shape index (κ1) is 14.1. The van der Waals surface area contributed by atoms with E-state index in [1.807, 2.05) is 50.2 Å². The summed E-state index contributed by atoms with van der Waals surface area (Å²) in [5.74, 6) is 1.46. The van der Waals surface area contributed by atoms with Gasteiger partial charge in [0.15, 0.2) is 0 Å². The van der Waals surface area contributed by atoms with Crippen LogP contribution < -0.4 is 20.5 Å². The van der Waals surface area contributed by atoms with Gasteiger partial charge >= 0.3 is 0 Å². The Balaban J connectivity index is 2.35. The van der Waals surface area contributed by atoms with Crippen molar-refractivity contribution in [2.45, 2.75) is 13.8 Å². The molecule has 0 bridgehead atoms. The van der Waals surface area contributed by atoms with Crippen molar-refractivity contribution in [2.24, 2.45) is 0 Å². The maximum Gasteiger partial charge on any atom is 0.144 e. The van der Waals surface area contributed by atoms with Gasteiger partial charge in [-0.1, -0.05) is 12.1 Å². The number of rotatable bonds is 5. The molecule has 0 atom stereocenters. The van der Waals surface area contributed by atoms with Crippen molar-refractivity contribution in [1.29, 1.82) is 0 Å². The van der Waals surface area contributed by atoms with Gasteiger partial charge in [-0.15, -0.1) is 0 Å². The molecule has 0 fully saturated rings. The van der Waals surface area contributed by atoms with Gasteiger partial charge in [-0.25, -0.2) is 0 Å². The topological polar surface area (TPSA) is 56.5 Å². The lowest BCUT2D eigenvalue weighted by Gasteiger charge is -2.15. The van der Waals surface area contributed by atoms with Gasteiger partial charge in [0.05, 0.1) is 30.8 Å². The molecule has 0 aliphatic heterocycles. The van der Waals surface area contributed by atoms with E-state index in [0.717, 1.165) is 22.7 Å². The Morgan fingerprint density at radius 2 is 1.90 bits per heavy atom. The van der Waals surface area contributed by atoms with Crippen LogP contribution in [0.5, 0.6) is 11.5 Å². The van der Waals surface area contributed by atoms with Crippen LogP contribution in [-0.2, 0) is 0 Å². The van der Waals surface area contributed by atoms with Crippen LogP contribution in [0, 0.1) is 6.92 Å². The van der Waals surface area contributed by atoms with E-state index in [-0.39, 0.29) is 0 Å². The van der Waals surface area contributed by atoms with Crippen LogP contribution in [0.15, 0.2) is 36.4 Å². The van der Waals surface area contributed by atoms with Gasteiger partial charge in [0.2, 0.25) is 0 Å². The first-order chi connectivity index (χ1) is 9.65. The van der Waals surface area contributed by atoms with E-state index in [1.165, 1.54) is 0 Å². The number of anilines is 3. The van der Waals surface area contributed by atoms with E-state index in [4.69, 9.17) is 15.2 Å². The van der Waals surface area contributed by atoms with E-state index in [0.29, 0.717) is 18.0 Å². The number of nitrogen functional groups attached to an aromatic ring is 1. The molecule has 4 heteroatoms. The Hall–Kier alpha value is -2.36. The number of hydrogen-bond acceptors (Lipinski definition) is 4. The van der Waals surface area contributed by atoms with Gasteiger partial charge in [-0.2, -0.15) is 0 Å². The van der Waals surface area contributed by atoms with Gasteiger partial charge in [-0.3, -0.25) is 0 Å². The van der Waals surface area contributed by atoms with Crippen LogP contribution in [0.2, 0.25) is 0 Å². The lowest BCUT2D eigenvalue weighted by Crippen LogP contribution is -2.02. The van der Waals surface area contributed by atoms with Crippen LogP contribution in [-0.4, -0.2) is 13.7 Å². The standard InChI is InChI=1S/C16H20N2O2/c1-4-20-15-7-5-6-12(16(15)17)18-13-10-11(2)8-9-14(13)19-3/h5-10,18H,4,17H2,1-3H3. The normalized spacial score (nSPS) is 10.2. The average molecular weight is 272 g/mol. The minimum absolute atomic E-state index is 0.585. The molecule has 3 N–H and O–H groups in total. The van der Waals surface area contributed by atoms with E-state index in [9.17, 15) is 0 Å². The third-order valence-electron chi connectivity index (χ3n) is 2.99. The van der Waals surface area contributed by atoms with Crippen molar-refractivity contribution in [3.8, 4) is 11.5 Å². The molecule has 0 aromatic heterocycles. The highest BCUT2D eigenvalue weighted by Crippen LogP contribution is 2.35. The molecule has 20 heavy (non-hydrogen) atoms. The number of para-hydroxylation sites is 1. The Morgan fingerprint density at radius 1 is 1.10 bits per heavy atom. The van der Waals surface area contributed by atoms with Crippen molar-refractivity contribution >= 4 is 17.1 Å². The van der Waals surface area contributed by atoms with Crippen molar-refractivity contribution < 1.29 is 9.47 Å². The summed E-state index contributed by atoms with van der Waals surface area (Å²) in [6.07, 6.45) is 0. The lowest BCUT2D eigenvalue weighted by molar-refractivity contribution is 0.342. The molecule has 4 nitrogen and oxygen atoms in total. The van der Waals surface area contributed by atoms with Gasteiger partial charge in [0.25, 0.3) is 0 Å². The number of nitrogens with one attached hydrogen (secondary N) is 1. The van der Waals surface area contributed by atoms with Crippen LogP contribution in [0.25, 0.3) is 0 Å².